The monoisotopic (exact) mass is 410 g/mol. The molecule has 1 N–H and O–H groups in total. The third-order valence-electron chi connectivity index (χ3n) is 3.48. The summed E-state index contributed by atoms with van der Waals surface area (Å²) in [6, 6.07) is 12.6. The maximum absolute atomic E-state index is 12.4. The number of carbonyl (C=O) groups excluding carboxylic acids is 1. The minimum atomic E-state index is -3.60. The van der Waals surface area contributed by atoms with Crippen molar-refractivity contribution in [1.82, 2.24) is 0 Å². The molecule has 0 spiro atoms. The molecule has 2 aromatic rings. The maximum Gasteiger partial charge on any atom is 0.245 e. The van der Waals surface area contributed by atoms with Crippen molar-refractivity contribution in [1.29, 1.82) is 0 Å². The van der Waals surface area contributed by atoms with Crippen LogP contribution < -0.4 is 9.62 Å². The van der Waals surface area contributed by atoms with Crippen molar-refractivity contribution >= 4 is 43.2 Å². The van der Waals surface area contributed by atoms with Crippen molar-refractivity contribution in [3.05, 3.63) is 58.1 Å². The van der Waals surface area contributed by atoms with Crippen molar-refractivity contribution in [3.8, 4) is 0 Å². The molecule has 0 unspecified atom stereocenters. The van der Waals surface area contributed by atoms with Crippen LogP contribution in [0, 0.1) is 13.8 Å². The van der Waals surface area contributed by atoms with E-state index >= 15 is 0 Å². The standard InChI is InChI=1S/C17H19BrN2O3S/c1-12-8-9-13(2)15(10-12)19-17(21)11-20(24(3,22)23)16-7-5-4-6-14(16)18/h4-10H,11H2,1-3H3,(H,19,21). The van der Waals surface area contributed by atoms with Gasteiger partial charge in [-0.15, -0.1) is 0 Å². The molecule has 0 saturated carbocycles. The van der Waals surface area contributed by atoms with Crippen LogP contribution in [-0.4, -0.2) is 27.1 Å². The first kappa shape index (κ1) is 18.5. The number of sulfonamides is 1. The number of nitrogens with one attached hydrogen (secondary N) is 1. The molecular formula is C17H19BrN2O3S. The highest BCUT2D eigenvalue weighted by Gasteiger charge is 2.22. The van der Waals surface area contributed by atoms with Crippen molar-refractivity contribution in [2.75, 3.05) is 22.4 Å². The smallest absolute Gasteiger partial charge is 0.245 e. The van der Waals surface area contributed by atoms with E-state index in [1.807, 2.05) is 32.0 Å². The molecule has 0 radical (unpaired) electrons. The van der Waals surface area contributed by atoms with Crippen LogP contribution in [0.25, 0.3) is 0 Å². The Balaban J connectivity index is 2.26. The number of benzene rings is 2. The summed E-state index contributed by atoms with van der Waals surface area (Å²) in [7, 11) is -3.60. The van der Waals surface area contributed by atoms with Gasteiger partial charge in [0.2, 0.25) is 15.9 Å². The maximum atomic E-state index is 12.4. The second-order valence-electron chi connectivity index (χ2n) is 5.59. The quantitative estimate of drug-likeness (QED) is 0.820. The first-order chi connectivity index (χ1) is 11.2. The van der Waals surface area contributed by atoms with Gasteiger partial charge in [0.1, 0.15) is 6.54 Å². The van der Waals surface area contributed by atoms with Crippen LogP contribution in [-0.2, 0) is 14.8 Å². The molecule has 0 aliphatic rings. The van der Waals surface area contributed by atoms with Gasteiger partial charge in [0.05, 0.1) is 11.9 Å². The number of anilines is 2. The van der Waals surface area contributed by atoms with Gasteiger partial charge in [0, 0.05) is 10.2 Å². The zero-order valence-electron chi connectivity index (χ0n) is 13.7. The molecule has 0 bridgehead atoms. The van der Waals surface area contributed by atoms with Crippen molar-refractivity contribution in [2.24, 2.45) is 0 Å². The second-order valence-corrected chi connectivity index (χ2v) is 8.35. The zero-order valence-corrected chi connectivity index (χ0v) is 16.1. The van der Waals surface area contributed by atoms with E-state index in [-0.39, 0.29) is 6.54 Å². The van der Waals surface area contributed by atoms with E-state index in [1.165, 1.54) is 0 Å². The average Bonchev–Trinajstić information content (AvgIpc) is 2.48. The number of hydrogen-bond acceptors (Lipinski definition) is 3. The highest BCUT2D eigenvalue weighted by atomic mass is 79.9. The Morgan fingerprint density at radius 1 is 1.17 bits per heavy atom. The topological polar surface area (TPSA) is 66.5 Å². The molecule has 0 saturated heterocycles. The minimum Gasteiger partial charge on any atom is -0.324 e. The summed E-state index contributed by atoms with van der Waals surface area (Å²) < 4.78 is 25.9. The Morgan fingerprint density at radius 3 is 2.46 bits per heavy atom. The Kier molecular flexibility index (Phi) is 5.66. The van der Waals surface area contributed by atoms with Gasteiger partial charge in [0.25, 0.3) is 0 Å². The Morgan fingerprint density at radius 2 is 1.83 bits per heavy atom. The fourth-order valence-corrected chi connectivity index (χ4v) is 3.71. The van der Waals surface area contributed by atoms with Gasteiger partial charge in [-0.2, -0.15) is 0 Å². The number of halogens is 1. The van der Waals surface area contributed by atoms with Gasteiger partial charge >= 0.3 is 0 Å². The lowest BCUT2D eigenvalue weighted by atomic mass is 10.1. The van der Waals surface area contributed by atoms with Crippen LogP contribution in [0.15, 0.2) is 46.9 Å². The molecule has 7 heteroatoms. The molecule has 0 aliphatic carbocycles. The summed E-state index contributed by atoms with van der Waals surface area (Å²) in [4.78, 5) is 12.4. The Hall–Kier alpha value is -1.86. The fourth-order valence-electron chi connectivity index (χ4n) is 2.23. The predicted octanol–water partition coefficient (Wildman–Crippen LogP) is 3.47. The fraction of sp³-hybridized carbons (Fsp3) is 0.235. The number of amides is 1. The van der Waals surface area contributed by atoms with Crippen LogP contribution in [0.1, 0.15) is 11.1 Å². The summed E-state index contributed by atoms with van der Waals surface area (Å²) in [5.74, 6) is -0.398. The van der Waals surface area contributed by atoms with E-state index in [1.54, 1.807) is 24.3 Å². The summed E-state index contributed by atoms with van der Waals surface area (Å²) in [6.45, 7) is 3.52. The van der Waals surface area contributed by atoms with E-state index < -0.39 is 15.9 Å². The van der Waals surface area contributed by atoms with E-state index in [4.69, 9.17) is 0 Å². The molecule has 2 rings (SSSR count). The highest BCUT2D eigenvalue weighted by molar-refractivity contribution is 9.10. The van der Waals surface area contributed by atoms with E-state index in [2.05, 4.69) is 21.2 Å². The molecule has 2 aromatic carbocycles. The Labute approximate surface area is 150 Å². The molecule has 128 valence electrons. The number of carbonyl (C=O) groups is 1. The van der Waals surface area contributed by atoms with Crippen LogP contribution in [0.4, 0.5) is 11.4 Å². The third-order valence-corrected chi connectivity index (χ3v) is 5.27. The van der Waals surface area contributed by atoms with Gasteiger partial charge in [-0.25, -0.2) is 8.42 Å². The van der Waals surface area contributed by atoms with Crippen LogP contribution >= 0.6 is 15.9 Å². The zero-order chi connectivity index (χ0) is 17.9. The highest BCUT2D eigenvalue weighted by Crippen LogP contribution is 2.27. The van der Waals surface area contributed by atoms with Gasteiger partial charge in [-0.05, 0) is 59.1 Å². The van der Waals surface area contributed by atoms with Crippen molar-refractivity contribution in [2.45, 2.75) is 13.8 Å². The third kappa shape index (κ3) is 4.58. The molecule has 0 aromatic heterocycles. The van der Waals surface area contributed by atoms with E-state index in [0.29, 0.717) is 15.8 Å². The van der Waals surface area contributed by atoms with Gasteiger partial charge in [0.15, 0.2) is 0 Å². The summed E-state index contributed by atoms with van der Waals surface area (Å²) in [5.41, 5.74) is 3.04. The first-order valence-corrected chi connectivity index (χ1v) is 9.92. The number of para-hydroxylation sites is 1. The normalized spacial score (nSPS) is 11.2. The lowest BCUT2D eigenvalue weighted by Gasteiger charge is -2.23. The lowest BCUT2D eigenvalue weighted by molar-refractivity contribution is -0.114. The largest absolute Gasteiger partial charge is 0.324 e. The van der Waals surface area contributed by atoms with Gasteiger partial charge in [-0.1, -0.05) is 24.3 Å². The SMILES string of the molecule is Cc1ccc(C)c(NC(=O)CN(c2ccccc2Br)S(C)(=O)=O)c1. The second kappa shape index (κ2) is 7.36. The minimum absolute atomic E-state index is 0.297. The van der Waals surface area contributed by atoms with Crippen molar-refractivity contribution < 1.29 is 13.2 Å². The molecule has 0 heterocycles. The van der Waals surface area contributed by atoms with E-state index in [9.17, 15) is 13.2 Å². The lowest BCUT2D eigenvalue weighted by Crippen LogP contribution is -2.37. The summed E-state index contributed by atoms with van der Waals surface area (Å²) in [6.07, 6.45) is 1.08. The molecule has 0 atom stereocenters. The molecule has 5 nitrogen and oxygen atoms in total. The number of rotatable bonds is 5. The summed E-state index contributed by atoms with van der Waals surface area (Å²) >= 11 is 3.33. The van der Waals surface area contributed by atoms with Gasteiger partial charge < -0.3 is 5.32 Å². The van der Waals surface area contributed by atoms with Crippen LogP contribution in [0.5, 0.6) is 0 Å². The molecular weight excluding hydrogens is 392 g/mol. The molecule has 1 amide bonds. The number of hydrogen-bond donors (Lipinski definition) is 1. The van der Waals surface area contributed by atoms with Crippen LogP contribution in [0.2, 0.25) is 0 Å². The average molecular weight is 411 g/mol. The predicted molar refractivity (Wildman–Crippen MR) is 101 cm³/mol. The van der Waals surface area contributed by atoms with Gasteiger partial charge in [-0.3, -0.25) is 9.10 Å². The van der Waals surface area contributed by atoms with Crippen LogP contribution in [0.3, 0.4) is 0 Å². The molecule has 0 aliphatic heterocycles. The first-order valence-electron chi connectivity index (χ1n) is 7.28. The summed E-state index contributed by atoms with van der Waals surface area (Å²) in [5, 5.41) is 2.78. The Bertz CT molecular complexity index is 866. The van der Waals surface area contributed by atoms with E-state index in [0.717, 1.165) is 21.7 Å². The molecule has 24 heavy (non-hydrogen) atoms. The molecule has 0 fully saturated rings. The number of aryl methyl sites for hydroxylation is 2. The number of nitrogens with zero attached hydrogens (tertiary/aromatic N) is 1. The van der Waals surface area contributed by atoms with Crippen molar-refractivity contribution in [3.63, 3.8) is 0 Å².